The summed E-state index contributed by atoms with van der Waals surface area (Å²) < 4.78 is 0. The Labute approximate surface area is 92.5 Å². The van der Waals surface area contributed by atoms with Crippen molar-refractivity contribution in [3.05, 3.63) is 12.2 Å². The highest BCUT2D eigenvalue weighted by atomic mass is 15.1. The lowest BCUT2D eigenvalue weighted by atomic mass is 9.92. The topological polar surface area (TPSA) is 29.3 Å². The summed E-state index contributed by atoms with van der Waals surface area (Å²) in [6, 6.07) is 0.473. The van der Waals surface area contributed by atoms with Crippen molar-refractivity contribution in [2.24, 2.45) is 23.5 Å². The Bertz CT molecular complexity index is 253. The van der Waals surface area contributed by atoms with Gasteiger partial charge in [-0.15, -0.1) is 0 Å². The summed E-state index contributed by atoms with van der Waals surface area (Å²) in [6.45, 7) is 3.80. The van der Waals surface area contributed by atoms with Gasteiger partial charge in [-0.2, -0.15) is 0 Å². The Morgan fingerprint density at radius 1 is 1.13 bits per heavy atom. The molecule has 84 valence electrons. The van der Waals surface area contributed by atoms with E-state index in [9.17, 15) is 0 Å². The van der Waals surface area contributed by atoms with E-state index in [0.29, 0.717) is 6.04 Å². The number of piperidine rings is 1. The van der Waals surface area contributed by atoms with E-state index in [-0.39, 0.29) is 0 Å². The molecular formula is C13H22N2. The number of fused-ring (bicyclic) bond motifs is 2. The standard InChI is InChI=1S/C13H22N2/c14-13-3-5-15(6-4-13)9-12-8-10-1-2-11(12)7-10/h1-2,10-13H,3-9,14H2/t10-,11?,12?/m1/s1. The summed E-state index contributed by atoms with van der Waals surface area (Å²) in [4.78, 5) is 2.64. The third kappa shape index (κ3) is 1.98. The van der Waals surface area contributed by atoms with E-state index >= 15 is 0 Å². The first-order valence-corrected chi connectivity index (χ1v) is 6.47. The predicted molar refractivity (Wildman–Crippen MR) is 62.5 cm³/mol. The lowest BCUT2D eigenvalue weighted by molar-refractivity contribution is 0.173. The molecule has 0 amide bonds. The van der Waals surface area contributed by atoms with Crippen molar-refractivity contribution in [3.63, 3.8) is 0 Å². The monoisotopic (exact) mass is 206 g/mol. The first-order chi connectivity index (χ1) is 7.31. The molecule has 2 heteroatoms. The molecule has 2 unspecified atom stereocenters. The lowest BCUT2D eigenvalue weighted by Crippen LogP contribution is -2.42. The van der Waals surface area contributed by atoms with Gasteiger partial charge in [0.2, 0.25) is 0 Å². The van der Waals surface area contributed by atoms with Crippen molar-refractivity contribution in [2.75, 3.05) is 19.6 Å². The summed E-state index contributed by atoms with van der Waals surface area (Å²) in [5, 5.41) is 0. The van der Waals surface area contributed by atoms with Crippen LogP contribution in [0.4, 0.5) is 0 Å². The van der Waals surface area contributed by atoms with E-state index in [1.807, 2.05) is 0 Å². The second-order valence-corrected chi connectivity index (χ2v) is 5.68. The maximum absolute atomic E-state index is 5.93. The van der Waals surface area contributed by atoms with Crippen LogP contribution in [-0.4, -0.2) is 30.6 Å². The third-order valence-corrected chi connectivity index (χ3v) is 4.54. The molecule has 0 spiro atoms. The van der Waals surface area contributed by atoms with E-state index in [4.69, 9.17) is 5.73 Å². The average Bonchev–Trinajstić information content (AvgIpc) is 2.83. The van der Waals surface area contributed by atoms with Crippen molar-refractivity contribution in [1.29, 1.82) is 0 Å². The van der Waals surface area contributed by atoms with Crippen LogP contribution in [0.25, 0.3) is 0 Å². The highest BCUT2D eigenvalue weighted by Crippen LogP contribution is 2.43. The molecule has 0 aromatic rings. The maximum atomic E-state index is 5.93. The zero-order chi connectivity index (χ0) is 10.3. The molecule has 2 N–H and O–H groups in total. The van der Waals surface area contributed by atoms with Crippen LogP contribution < -0.4 is 5.73 Å². The fourth-order valence-electron chi connectivity index (χ4n) is 3.57. The first-order valence-electron chi connectivity index (χ1n) is 6.47. The second-order valence-electron chi connectivity index (χ2n) is 5.68. The van der Waals surface area contributed by atoms with Crippen molar-refractivity contribution in [3.8, 4) is 0 Å². The van der Waals surface area contributed by atoms with E-state index in [1.54, 1.807) is 0 Å². The predicted octanol–water partition coefficient (Wildman–Crippen LogP) is 1.62. The molecule has 0 radical (unpaired) electrons. The van der Waals surface area contributed by atoms with Crippen LogP contribution in [0.2, 0.25) is 0 Å². The van der Waals surface area contributed by atoms with Crippen LogP contribution in [0.5, 0.6) is 0 Å². The second kappa shape index (κ2) is 3.91. The molecule has 2 aliphatic carbocycles. The minimum atomic E-state index is 0.473. The van der Waals surface area contributed by atoms with E-state index in [2.05, 4.69) is 17.1 Å². The molecule has 1 saturated heterocycles. The van der Waals surface area contributed by atoms with Crippen LogP contribution in [0, 0.1) is 17.8 Å². The van der Waals surface area contributed by atoms with Crippen LogP contribution in [-0.2, 0) is 0 Å². The van der Waals surface area contributed by atoms with Crippen molar-refractivity contribution in [2.45, 2.75) is 31.7 Å². The number of nitrogens with zero attached hydrogens (tertiary/aromatic N) is 1. The van der Waals surface area contributed by atoms with Crippen molar-refractivity contribution in [1.82, 2.24) is 4.90 Å². The SMILES string of the molecule is NC1CCN(CC2C[C@@H]3C=CC2C3)CC1. The largest absolute Gasteiger partial charge is 0.328 e. The number of likely N-dealkylation sites (tertiary alicyclic amines) is 1. The van der Waals surface area contributed by atoms with Crippen LogP contribution in [0.3, 0.4) is 0 Å². The van der Waals surface area contributed by atoms with Crippen LogP contribution >= 0.6 is 0 Å². The maximum Gasteiger partial charge on any atom is 0.00631 e. The van der Waals surface area contributed by atoms with Gasteiger partial charge in [0.25, 0.3) is 0 Å². The Morgan fingerprint density at radius 3 is 2.53 bits per heavy atom. The molecule has 2 nitrogen and oxygen atoms in total. The fourth-order valence-corrected chi connectivity index (χ4v) is 3.57. The molecular weight excluding hydrogens is 184 g/mol. The van der Waals surface area contributed by atoms with Gasteiger partial charge in [-0.25, -0.2) is 0 Å². The summed E-state index contributed by atoms with van der Waals surface area (Å²) in [7, 11) is 0. The Hall–Kier alpha value is -0.340. The van der Waals surface area contributed by atoms with E-state index < -0.39 is 0 Å². The lowest BCUT2D eigenvalue weighted by Gasteiger charge is -2.33. The third-order valence-electron chi connectivity index (χ3n) is 4.54. The average molecular weight is 206 g/mol. The molecule has 3 aliphatic rings. The smallest absolute Gasteiger partial charge is 0.00631 e. The summed E-state index contributed by atoms with van der Waals surface area (Å²) in [5.74, 6) is 2.78. The normalized spacial score (nSPS) is 41.5. The highest BCUT2D eigenvalue weighted by molar-refractivity contribution is 5.10. The molecule has 3 rings (SSSR count). The molecule has 3 atom stereocenters. The molecule has 1 aliphatic heterocycles. The van der Waals surface area contributed by atoms with Gasteiger partial charge in [0.1, 0.15) is 0 Å². The van der Waals surface area contributed by atoms with Crippen molar-refractivity contribution >= 4 is 0 Å². The van der Waals surface area contributed by atoms with E-state index in [1.165, 1.54) is 45.3 Å². The molecule has 2 bridgehead atoms. The van der Waals surface area contributed by atoms with Gasteiger partial charge < -0.3 is 10.6 Å². The molecule has 0 aromatic heterocycles. The zero-order valence-electron chi connectivity index (χ0n) is 9.44. The zero-order valence-corrected chi connectivity index (χ0v) is 9.44. The number of hydrogen-bond acceptors (Lipinski definition) is 2. The summed E-state index contributed by atoms with van der Waals surface area (Å²) >= 11 is 0. The Morgan fingerprint density at radius 2 is 1.93 bits per heavy atom. The van der Waals surface area contributed by atoms with Gasteiger partial charge in [-0.1, -0.05) is 12.2 Å². The van der Waals surface area contributed by atoms with Crippen molar-refractivity contribution < 1.29 is 0 Å². The minimum absolute atomic E-state index is 0.473. The van der Waals surface area contributed by atoms with Gasteiger partial charge in [0, 0.05) is 12.6 Å². The van der Waals surface area contributed by atoms with Gasteiger partial charge in [-0.3, -0.25) is 0 Å². The summed E-state index contributed by atoms with van der Waals surface area (Å²) in [6.07, 6.45) is 10.2. The number of hydrogen-bond donors (Lipinski definition) is 1. The Balaban J connectivity index is 1.51. The van der Waals surface area contributed by atoms with Gasteiger partial charge in [0.05, 0.1) is 0 Å². The Kier molecular flexibility index (Phi) is 2.57. The van der Waals surface area contributed by atoms with Crippen LogP contribution in [0.15, 0.2) is 12.2 Å². The summed E-state index contributed by atoms with van der Waals surface area (Å²) in [5.41, 5.74) is 5.93. The van der Waals surface area contributed by atoms with E-state index in [0.717, 1.165) is 17.8 Å². The van der Waals surface area contributed by atoms with Gasteiger partial charge in [0.15, 0.2) is 0 Å². The molecule has 1 saturated carbocycles. The molecule has 15 heavy (non-hydrogen) atoms. The minimum Gasteiger partial charge on any atom is -0.328 e. The number of rotatable bonds is 2. The van der Waals surface area contributed by atoms with Crippen LogP contribution in [0.1, 0.15) is 25.7 Å². The number of nitrogens with two attached hydrogens (primary N) is 1. The molecule has 2 fully saturated rings. The molecule has 1 heterocycles. The molecule has 0 aromatic carbocycles. The quantitative estimate of drug-likeness (QED) is 0.696. The highest BCUT2D eigenvalue weighted by Gasteiger charge is 2.36. The fraction of sp³-hybridized carbons (Fsp3) is 0.846. The van der Waals surface area contributed by atoms with Gasteiger partial charge >= 0.3 is 0 Å². The number of allylic oxidation sites excluding steroid dienone is 2. The first kappa shape index (κ1) is 9.86. The van der Waals surface area contributed by atoms with Gasteiger partial charge in [-0.05, 0) is 56.5 Å².